The second-order valence-electron chi connectivity index (χ2n) is 7.50. The lowest BCUT2D eigenvalue weighted by molar-refractivity contribution is -0.135. The molecule has 1 fully saturated rings. The van der Waals surface area contributed by atoms with Crippen LogP contribution in [0.3, 0.4) is 0 Å². The number of rotatable bonds is 7. The molecule has 0 aliphatic carbocycles. The van der Waals surface area contributed by atoms with Crippen molar-refractivity contribution in [1.29, 1.82) is 0 Å². The smallest absolute Gasteiger partial charge is 0.227 e. The van der Waals surface area contributed by atoms with Gasteiger partial charge in [-0.1, -0.05) is 18.7 Å². The molecule has 160 valence electrons. The van der Waals surface area contributed by atoms with E-state index < -0.39 is 17.1 Å². The number of benzene rings is 1. The highest BCUT2D eigenvalue weighted by molar-refractivity contribution is 5.78. The number of ether oxygens (including phenoxy) is 2. The first-order valence-electron chi connectivity index (χ1n) is 9.91. The molecule has 1 saturated heterocycles. The van der Waals surface area contributed by atoms with Crippen LogP contribution in [0.4, 0.5) is 0 Å². The van der Waals surface area contributed by atoms with Crippen LogP contribution in [0.15, 0.2) is 51.7 Å². The summed E-state index contributed by atoms with van der Waals surface area (Å²) < 4.78 is 16.7. The molecule has 0 saturated carbocycles. The summed E-state index contributed by atoms with van der Waals surface area (Å²) in [6.07, 6.45) is 0.0614. The Hall–Kier alpha value is -3.06. The summed E-state index contributed by atoms with van der Waals surface area (Å²) in [6.45, 7) is 9.77. The van der Waals surface area contributed by atoms with Crippen LogP contribution in [0, 0.1) is 6.92 Å². The average Bonchev–Trinajstić information content (AvgIpc) is 2.74. The lowest BCUT2D eigenvalue weighted by Crippen LogP contribution is -2.41. The highest BCUT2D eigenvalue weighted by Crippen LogP contribution is 2.34. The highest BCUT2D eigenvalue weighted by Gasteiger charge is 2.28. The molecule has 0 radical (unpaired) electrons. The molecule has 1 N–H and O–H groups in total. The van der Waals surface area contributed by atoms with Crippen molar-refractivity contribution in [3.63, 3.8) is 0 Å². The van der Waals surface area contributed by atoms with E-state index in [0.29, 0.717) is 44.4 Å². The van der Waals surface area contributed by atoms with Gasteiger partial charge in [0.05, 0.1) is 19.1 Å². The van der Waals surface area contributed by atoms with Crippen LogP contribution in [0.5, 0.6) is 11.5 Å². The van der Waals surface area contributed by atoms with Crippen molar-refractivity contribution in [2.75, 3.05) is 32.9 Å². The van der Waals surface area contributed by atoms with Gasteiger partial charge in [0.2, 0.25) is 17.1 Å². The summed E-state index contributed by atoms with van der Waals surface area (Å²) in [4.78, 5) is 26.8. The summed E-state index contributed by atoms with van der Waals surface area (Å²) in [5.74, 6) is -0.0363. The van der Waals surface area contributed by atoms with E-state index >= 15 is 0 Å². The van der Waals surface area contributed by atoms with Crippen molar-refractivity contribution in [1.82, 2.24) is 4.90 Å². The largest absolute Gasteiger partial charge is 0.502 e. The summed E-state index contributed by atoms with van der Waals surface area (Å²) in [7, 11) is 0. The van der Waals surface area contributed by atoms with Crippen molar-refractivity contribution >= 4 is 5.91 Å². The van der Waals surface area contributed by atoms with Gasteiger partial charge < -0.3 is 23.9 Å². The third kappa shape index (κ3) is 5.30. The molecular formula is C23H27NO6. The Bertz CT molecular complexity index is 957. The fourth-order valence-corrected chi connectivity index (χ4v) is 3.34. The van der Waals surface area contributed by atoms with Crippen molar-refractivity contribution in [3.8, 4) is 11.5 Å². The Balaban J connectivity index is 1.92. The van der Waals surface area contributed by atoms with Crippen LogP contribution < -0.4 is 10.2 Å². The number of nitrogens with zero attached hydrogens (tertiary/aromatic N) is 1. The first-order valence-corrected chi connectivity index (χ1v) is 9.91. The normalized spacial score (nSPS) is 14.9. The molecule has 2 aromatic rings. The third-order valence-electron chi connectivity index (χ3n) is 4.90. The van der Waals surface area contributed by atoms with Gasteiger partial charge in [0, 0.05) is 25.6 Å². The van der Waals surface area contributed by atoms with Crippen LogP contribution in [0.1, 0.15) is 36.3 Å². The summed E-state index contributed by atoms with van der Waals surface area (Å²) in [5.41, 5.74) is 1.11. The zero-order valence-electron chi connectivity index (χ0n) is 17.3. The fourth-order valence-electron chi connectivity index (χ4n) is 3.34. The van der Waals surface area contributed by atoms with Crippen LogP contribution in [-0.2, 0) is 9.53 Å². The minimum Gasteiger partial charge on any atom is -0.502 e. The summed E-state index contributed by atoms with van der Waals surface area (Å²) in [5, 5.41) is 10.4. The van der Waals surface area contributed by atoms with Gasteiger partial charge in [-0.05, 0) is 37.1 Å². The van der Waals surface area contributed by atoms with Gasteiger partial charge in [-0.2, -0.15) is 0 Å². The topological polar surface area (TPSA) is 89.2 Å². The van der Waals surface area contributed by atoms with E-state index in [1.807, 2.05) is 19.1 Å². The van der Waals surface area contributed by atoms with Gasteiger partial charge in [0.1, 0.15) is 18.1 Å². The molecule has 7 heteroatoms. The second kappa shape index (κ2) is 9.63. The van der Waals surface area contributed by atoms with E-state index in [4.69, 9.17) is 13.9 Å². The SMILES string of the molecule is C=C(C)COc1ccc(C(CC(=O)N2CCOCC2)c2oc(C)cc(=O)c2O)cc1. The van der Waals surface area contributed by atoms with Crippen LogP contribution in [0.25, 0.3) is 0 Å². The van der Waals surface area contributed by atoms with Crippen molar-refractivity contribution < 1.29 is 23.8 Å². The van der Waals surface area contributed by atoms with Crippen LogP contribution >= 0.6 is 0 Å². The van der Waals surface area contributed by atoms with Gasteiger partial charge in [0.15, 0.2) is 5.76 Å². The van der Waals surface area contributed by atoms with Crippen molar-refractivity contribution in [2.45, 2.75) is 26.2 Å². The maximum atomic E-state index is 12.9. The molecule has 7 nitrogen and oxygen atoms in total. The number of morpholine rings is 1. The number of aryl methyl sites for hydroxylation is 1. The Kier molecular flexibility index (Phi) is 6.95. The molecule has 30 heavy (non-hydrogen) atoms. The molecule has 1 aliphatic rings. The van der Waals surface area contributed by atoms with Gasteiger partial charge in [-0.15, -0.1) is 0 Å². The van der Waals surface area contributed by atoms with Crippen LogP contribution in [-0.4, -0.2) is 48.8 Å². The molecule has 0 spiro atoms. The van der Waals surface area contributed by atoms with Gasteiger partial charge >= 0.3 is 0 Å². The zero-order chi connectivity index (χ0) is 21.7. The Labute approximate surface area is 175 Å². The van der Waals surface area contributed by atoms with Gasteiger partial charge in [-0.3, -0.25) is 9.59 Å². The molecule has 1 unspecified atom stereocenters. The van der Waals surface area contributed by atoms with E-state index in [1.54, 1.807) is 24.0 Å². The van der Waals surface area contributed by atoms with E-state index in [-0.39, 0.29) is 18.1 Å². The molecule has 1 atom stereocenters. The summed E-state index contributed by atoms with van der Waals surface area (Å²) >= 11 is 0. The number of hydrogen-bond acceptors (Lipinski definition) is 6. The lowest BCUT2D eigenvalue weighted by Gasteiger charge is -2.28. The van der Waals surface area contributed by atoms with Crippen molar-refractivity contribution in [3.05, 3.63) is 69.8 Å². The molecule has 1 aromatic carbocycles. The minimum atomic E-state index is -0.608. The lowest BCUT2D eigenvalue weighted by atomic mass is 9.91. The number of aromatic hydroxyl groups is 1. The highest BCUT2D eigenvalue weighted by atomic mass is 16.5. The average molecular weight is 413 g/mol. The molecule has 2 heterocycles. The quantitative estimate of drug-likeness (QED) is 0.702. The standard InChI is InChI=1S/C23H27NO6/c1-15(2)14-29-18-6-4-17(5-7-18)19(13-21(26)24-8-10-28-11-9-24)23-22(27)20(25)12-16(3)30-23/h4-7,12,19,27H,1,8-11,13-14H2,2-3H3. The van der Waals surface area contributed by atoms with E-state index in [1.165, 1.54) is 6.07 Å². The second-order valence-corrected chi connectivity index (χ2v) is 7.50. The molecular weight excluding hydrogens is 386 g/mol. The Morgan fingerprint density at radius 2 is 1.93 bits per heavy atom. The molecule has 3 rings (SSSR count). The molecule has 0 bridgehead atoms. The molecule has 1 amide bonds. The monoisotopic (exact) mass is 413 g/mol. The predicted octanol–water partition coefficient (Wildman–Crippen LogP) is 2.99. The Morgan fingerprint density at radius 1 is 1.27 bits per heavy atom. The number of hydrogen-bond donors (Lipinski definition) is 1. The number of carbonyl (C=O) groups excluding carboxylic acids is 1. The van der Waals surface area contributed by atoms with E-state index in [9.17, 15) is 14.7 Å². The maximum Gasteiger partial charge on any atom is 0.227 e. The van der Waals surface area contributed by atoms with E-state index in [2.05, 4.69) is 6.58 Å². The number of carbonyl (C=O) groups is 1. The zero-order valence-corrected chi connectivity index (χ0v) is 17.3. The van der Waals surface area contributed by atoms with Gasteiger partial charge in [-0.25, -0.2) is 0 Å². The van der Waals surface area contributed by atoms with E-state index in [0.717, 1.165) is 11.1 Å². The minimum absolute atomic E-state index is 0.0614. The maximum absolute atomic E-state index is 12.9. The molecule has 1 aromatic heterocycles. The van der Waals surface area contributed by atoms with Crippen molar-refractivity contribution in [2.24, 2.45) is 0 Å². The summed E-state index contributed by atoms with van der Waals surface area (Å²) in [6, 6.07) is 8.43. The third-order valence-corrected chi connectivity index (χ3v) is 4.90. The molecule has 1 aliphatic heterocycles. The van der Waals surface area contributed by atoms with Gasteiger partial charge in [0.25, 0.3) is 0 Å². The predicted molar refractivity (Wildman–Crippen MR) is 112 cm³/mol. The van der Waals surface area contributed by atoms with Crippen LogP contribution in [0.2, 0.25) is 0 Å². The number of amides is 1. The Morgan fingerprint density at radius 3 is 2.57 bits per heavy atom. The fraction of sp³-hybridized carbons (Fsp3) is 0.391. The first-order chi connectivity index (χ1) is 14.3. The first kappa shape index (κ1) is 21.6.